The lowest BCUT2D eigenvalue weighted by molar-refractivity contribution is -0.0152. The van der Waals surface area contributed by atoms with Crippen LogP contribution >= 0.6 is 0 Å². The van der Waals surface area contributed by atoms with Crippen molar-refractivity contribution in [2.75, 3.05) is 13.2 Å². The summed E-state index contributed by atoms with van der Waals surface area (Å²) in [4.78, 5) is 0. The molecule has 0 amide bonds. The molecule has 0 bridgehead atoms. The van der Waals surface area contributed by atoms with E-state index >= 15 is 0 Å². The number of hydrogen-bond acceptors (Lipinski definition) is 3. The fourth-order valence-corrected chi connectivity index (χ4v) is 2.82. The molecule has 98 valence electrons. The number of ether oxygens (including phenoxy) is 2. The van der Waals surface area contributed by atoms with Gasteiger partial charge in [0, 0.05) is 37.2 Å². The third-order valence-corrected chi connectivity index (χ3v) is 3.86. The summed E-state index contributed by atoms with van der Waals surface area (Å²) >= 11 is 0. The van der Waals surface area contributed by atoms with Crippen molar-refractivity contribution in [3.05, 3.63) is 29.6 Å². The monoisotopic (exact) mass is 252 g/mol. The summed E-state index contributed by atoms with van der Waals surface area (Å²) in [5.41, 5.74) is 0.694. The Morgan fingerprint density at radius 2 is 2.00 bits per heavy atom. The van der Waals surface area contributed by atoms with Gasteiger partial charge in [-0.25, -0.2) is 4.39 Å². The number of rotatable bonds is 1. The van der Waals surface area contributed by atoms with Crippen LogP contribution in [-0.2, 0) is 4.74 Å². The van der Waals surface area contributed by atoms with Crippen molar-refractivity contribution in [1.82, 2.24) is 0 Å². The number of aliphatic hydroxyl groups excluding tert-OH is 1. The second-order valence-corrected chi connectivity index (χ2v) is 5.04. The molecule has 1 N–H and O–H groups in total. The Balaban J connectivity index is 1.81. The lowest BCUT2D eigenvalue weighted by Gasteiger charge is -2.36. The SMILES string of the molecule is O[C@@H]1CC(C2CCOCC2)Oc2cc(F)ccc21. The van der Waals surface area contributed by atoms with E-state index in [1.807, 2.05) is 0 Å². The standard InChI is InChI=1S/C14H17FO3/c15-10-1-2-11-12(16)8-13(18-14(11)7-10)9-3-5-17-6-4-9/h1-2,7,9,12-13,16H,3-6,8H2/t12-,13?/m1/s1. The van der Waals surface area contributed by atoms with Crippen LogP contribution in [0.25, 0.3) is 0 Å². The van der Waals surface area contributed by atoms with E-state index in [0.717, 1.165) is 26.1 Å². The summed E-state index contributed by atoms with van der Waals surface area (Å²) in [6.45, 7) is 1.49. The summed E-state index contributed by atoms with van der Waals surface area (Å²) in [5.74, 6) is 0.559. The summed E-state index contributed by atoms with van der Waals surface area (Å²) in [6, 6.07) is 4.33. The molecule has 0 spiro atoms. The molecule has 2 atom stereocenters. The van der Waals surface area contributed by atoms with Gasteiger partial charge >= 0.3 is 0 Å². The van der Waals surface area contributed by atoms with Crippen LogP contribution in [0.3, 0.4) is 0 Å². The van der Waals surface area contributed by atoms with E-state index in [0.29, 0.717) is 23.7 Å². The zero-order valence-corrected chi connectivity index (χ0v) is 10.1. The molecule has 1 saturated heterocycles. The normalized spacial score (nSPS) is 28.6. The fourth-order valence-electron chi connectivity index (χ4n) is 2.82. The highest BCUT2D eigenvalue weighted by Gasteiger charge is 2.33. The molecular formula is C14H17FO3. The van der Waals surface area contributed by atoms with Crippen LogP contribution in [0.1, 0.15) is 30.9 Å². The van der Waals surface area contributed by atoms with Crippen LogP contribution in [0.5, 0.6) is 5.75 Å². The van der Waals surface area contributed by atoms with Gasteiger partial charge in [0.2, 0.25) is 0 Å². The molecule has 0 radical (unpaired) electrons. The minimum absolute atomic E-state index is 0.0294. The zero-order valence-electron chi connectivity index (χ0n) is 10.1. The Labute approximate surface area is 106 Å². The number of aliphatic hydroxyl groups is 1. The van der Waals surface area contributed by atoms with E-state index in [1.54, 1.807) is 6.07 Å². The third kappa shape index (κ3) is 2.22. The Morgan fingerprint density at radius 1 is 1.22 bits per heavy atom. The first-order chi connectivity index (χ1) is 8.74. The molecule has 0 saturated carbocycles. The number of hydrogen-bond donors (Lipinski definition) is 1. The highest BCUT2D eigenvalue weighted by atomic mass is 19.1. The van der Waals surface area contributed by atoms with E-state index in [1.165, 1.54) is 12.1 Å². The van der Waals surface area contributed by atoms with Gasteiger partial charge in [-0.3, -0.25) is 0 Å². The molecule has 0 aliphatic carbocycles. The number of fused-ring (bicyclic) bond motifs is 1. The molecule has 3 rings (SSSR count). The van der Waals surface area contributed by atoms with E-state index in [-0.39, 0.29) is 11.9 Å². The molecule has 0 aromatic heterocycles. The first-order valence-corrected chi connectivity index (χ1v) is 6.46. The van der Waals surface area contributed by atoms with Gasteiger partial charge in [0.1, 0.15) is 17.7 Å². The van der Waals surface area contributed by atoms with Crippen LogP contribution in [0.15, 0.2) is 18.2 Å². The quantitative estimate of drug-likeness (QED) is 0.834. The molecule has 2 aliphatic heterocycles. The second kappa shape index (κ2) is 4.86. The van der Waals surface area contributed by atoms with Gasteiger partial charge in [-0.2, -0.15) is 0 Å². The lowest BCUT2D eigenvalue weighted by atomic mass is 9.87. The molecule has 18 heavy (non-hydrogen) atoms. The van der Waals surface area contributed by atoms with Gasteiger partial charge in [0.15, 0.2) is 0 Å². The van der Waals surface area contributed by atoms with Crippen LogP contribution < -0.4 is 4.74 Å². The van der Waals surface area contributed by atoms with Crippen LogP contribution in [-0.4, -0.2) is 24.4 Å². The minimum atomic E-state index is -0.554. The van der Waals surface area contributed by atoms with Gasteiger partial charge in [0.05, 0.1) is 6.10 Å². The molecule has 1 aromatic rings. The second-order valence-electron chi connectivity index (χ2n) is 5.04. The van der Waals surface area contributed by atoms with Gasteiger partial charge < -0.3 is 14.6 Å². The van der Waals surface area contributed by atoms with E-state index in [2.05, 4.69) is 0 Å². The molecular weight excluding hydrogens is 235 g/mol. The third-order valence-electron chi connectivity index (χ3n) is 3.86. The summed E-state index contributed by atoms with van der Waals surface area (Å²) in [6.07, 6.45) is 1.90. The summed E-state index contributed by atoms with van der Waals surface area (Å²) < 4.78 is 24.4. The average Bonchev–Trinajstić information content (AvgIpc) is 2.39. The smallest absolute Gasteiger partial charge is 0.128 e. The van der Waals surface area contributed by atoms with Crippen LogP contribution in [0.4, 0.5) is 4.39 Å². The largest absolute Gasteiger partial charge is 0.490 e. The Kier molecular flexibility index (Phi) is 3.22. The maximum atomic E-state index is 13.2. The number of benzene rings is 1. The van der Waals surface area contributed by atoms with Crippen molar-refractivity contribution < 1.29 is 19.0 Å². The Bertz CT molecular complexity index is 429. The first-order valence-electron chi connectivity index (χ1n) is 6.46. The molecule has 1 aromatic carbocycles. The average molecular weight is 252 g/mol. The van der Waals surface area contributed by atoms with E-state index in [9.17, 15) is 9.50 Å². The minimum Gasteiger partial charge on any atom is -0.490 e. The highest BCUT2D eigenvalue weighted by Crippen LogP contribution is 2.39. The molecule has 2 heterocycles. The van der Waals surface area contributed by atoms with Crippen LogP contribution in [0, 0.1) is 11.7 Å². The topological polar surface area (TPSA) is 38.7 Å². The van der Waals surface area contributed by atoms with Gasteiger partial charge in [-0.05, 0) is 25.0 Å². The van der Waals surface area contributed by atoms with Crippen molar-refractivity contribution in [1.29, 1.82) is 0 Å². The van der Waals surface area contributed by atoms with Gasteiger partial charge in [-0.15, -0.1) is 0 Å². The summed E-state index contributed by atoms with van der Waals surface area (Å²) in [7, 11) is 0. The van der Waals surface area contributed by atoms with Crippen molar-refractivity contribution in [2.24, 2.45) is 5.92 Å². The predicted octanol–water partition coefficient (Wildman–Crippen LogP) is 2.44. The predicted molar refractivity (Wildman–Crippen MR) is 63.9 cm³/mol. The first kappa shape index (κ1) is 11.9. The Morgan fingerprint density at radius 3 is 2.78 bits per heavy atom. The maximum Gasteiger partial charge on any atom is 0.128 e. The van der Waals surface area contributed by atoms with Gasteiger partial charge in [-0.1, -0.05) is 0 Å². The van der Waals surface area contributed by atoms with Crippen molar-refractivity contribution in [3.8, 4) is 5.75 Å². The molecule has 1 fully saturated rings. The van der Waals surface area contributed by atoms with Crippen molar-refractivity contribution in [2.45, 2.75) is 31.5 Å². The molecule has 3 nitrogen and oxygen atoms in total. The zero-order chi connectivity index (χ0) is 12.5. The Hall–Kier alpha value is -1.13. The number of halogens is 1. The molecule has 2 aliphatic rings. The van der Waals surface area contributed by atoms with Crippen molar-refractivity contribution >= 4 is 0 Å². The highest BCUT2D eigenvalue weighted by molar-refractivity contribution is 5.37. The maximum absolute atomic E-state index is 13.2. The fraction of sp³-hybridized carbons (Fsp3) is 0.571. The van der Waals surface area contributed by atoms with E-state index in [4.69, 9.17) is 9.47 Å². The molecule has 1 unspecified atom stereocenters. The summed E-state index contributed by atoms with van der Waals surface area (Å²) in [5, 5.41) is 10.1. The van der Waals surface area contributed by atoms with E-state index < -0.39 is 6.10 Å². The van der Waals surface area contributed by atoms with Gasteiger partial charge in [0.25, 0.3) is 0 Å². The molecule has 4 heteroatoms. The van der Waals surface area contributed by atoms with Crippen molar-refractivity contribution in [3.63, 3.8) is 0 Å². The lowest BCUT2D eigenvalue weighted by Crippen LogP contribution is -2.36. The van der Waals surface area contributed by atoms with Crippen LogP contribution in [0.2, 0.25) is 0 Å².